The summed E-state index contributed by atoms with van der Waals surface area (Å²) >= 11 is 4.81. The topological polar surface area (TPSA) is 59.1 Å². The second kappa shape index (κ2) is 7.14. The van der Waals surface area contributed by atoms with E-state index in [4.69, 9.17) is 0 Å². The summed E-state index contributed by atoms with van der Waals surface area (Å²) in [5, 5.41) is 2.75. The van der Waals surface area contributed by atoms with E-state index in [1.54, 1.807) is 19.1 Å². The summed E-state index contributed by atoms with van der Waals surface area (Å²) in [5.74, 6) is 0. The van der Waals surface area contributed by atoms with Gasteiger partial charge in [-0.1, -0.05) is 52.3 Å². The summed E-state index contributed by atoms with van der Waals surface area (Å²) < 4.78 is 28.3. The Morgan fingerprint density at radius 3 is 2.67 bits per heavy atom. The molecule has 2 aromatic carbocycles. The minimum Gasteiger partial charge on any atom is -0.240 e. The van der Waals surface area contributed by atoms with Crippen LogP contribution in [0.5, 0.6) is 0 Å². The van der Waals surface area contributed by atoms with Gasteiger partial charge in [0.25, 0.3) is 0 Å². The van der Waals surface area contributed by atoms with E-state index in [1.165, 1.54) is 11.3 Å². The number of aromatic nitrogens is 1. The number of nitrogens with one attached hydrogen (secondary N) is 1. The third kappa shape index (κ3) is 3.92. The Morgan fingerprint density at radius 2 is 1.92 bits per heavy atom. The monoisotopic (exact) mass is 422 g/mol. The van der Waals surface area contributed by atoms with Gasteiger partial charge in [0, 0.05) is 15.4 Å². The standard InChI is InChI=1S/C17H15BrN2O2S2/c1-12-7-8-14(18)9-16(12)24(21,22)19-10-15-11-23-17(20-15)13-5-3-2-4-6-13/h2-9,11,19H,10H2,1H3. The zero-order valence-electron chi connectivity index (χ0n) is 12.9. The Hall–Kier alpha value is -1.54. The van der Waals surface area contributed by atoms with Crippen LogP contribution in [0.3, 0.4) is 0 Å². The van der Waals surface area contributed by atoms with Crippen LogP contribution < -0.4 is 4.72 Å². The van der Waals surface area contributed by atoms with Gasteiger partial charge >= 0.3 is 0 Å². The van der Waals surface area contributed by atoms with E-state index in [0.29, 0.717) is 11.3 Å². The fraction of sp³-hybridized carbons (Fsp3) is 0.118. The summed E-state index contributed by atoms with van der Waals surface area (Å²) in [7, 11) is -3.58. The van der Waals surface area contributed by atoms with Crippen molar-refractivity contribution in [3.8, 4) is 10.6 Å². The molecule has 0 aliphatic carbocycles. The van der Waals surface area contributed by atoms with E-state index in [-0.39, 0.29) is 11.4 Å². The van der Waals surface area contributed by atoms with Crippen molar-refractivity contribution in [3.63, 3.8) is 0 Å². The number of nitrogens with zero attached hydrogens (tertiary/aromatic N) is 1. The number of hydrogen-bond acceptors (Lipinski definition) is 4. The molecule has 3 rings (SSSR count). The molecule has 0 aliphatic heterocycles. The van der Waals surface area contributed by atoms with Gasteiger partial charge in [0.15, 0.2) is 0 Å². The first-order chi connectivity index (χ1) is 11.5. The summed E-state index contributed by atoms with van der Waals surface area (Å²) in [4.78, 5) is 4.77. The van der Waals surface area contributed by atoms with Crippen molar-refractivity contribution in [1.82, 2.24) is 9.71 Å². The highest BCUT2D eigenvalue weighted by Crippen LogP contribution is 2.24. The lowest BCUT2D eigenvalue weighted by atomic mass is 10.2. The molecule has 4 nitrogen and oxygen atoms in total. The first kappa shape index (κ1) is 17.3. The molecular formula is C17H15BrN2O2S2. The third-order valence-corrected chi connectivity index (χ3v) is 6.43. The van der Waals surface area contributed by atoms with Gasteiger partial charge in [-0.25, -0.2) is 18.1 Å². The van der Waals surface area contributed by atoms with Crippen LogP contribution in [-0.4, -0.2) is 13.4 Å². The van der Waals surface area contributed by atoms with Crippen LogP contribution in [0.4, 0.5) is 0 Å². The molecule has 0 amide bonds. The molecule has 0 radical (unpaired) electrons. The molecule has 0 saturated heterocycles. The van der Waals surface area contributed by atoms with E-state index in [2.05, 4.69) is 25.6 Å². The fourth-order valence-corrected chi connectivity index (χ4v) is 4.82. The quantitative estimate of drug-likeness (QED) is 0.664. The number of aryl methyl sites for hydroxylation is 1. The van der Waals surface area contributed by atoms with Crippen LogP contribution in [0.2, 0.25) is 0 Å². The molecule has 7 heteroatoms. The molecule has 1 aromatic heterocycles. The van der Waals surface area contributed by atoms with Crippen LogP contribution in [0.15, 0.2) is 63.3 Å². The van der Waals surface area contributed by atoms with Gasteiger partial charge in [-0.15, -0.1) is 11.3 Å². The molecule has 0 atom stereocenters. The summed E-state index contributed by atoms with van der Waals surface area (Å²) in [6.45, 7) is 1.94. The van der Waals surface area contributed by atoms with E-state index >= 15 is 0 Å². The minimum atomic E-state index is -3.58. The molecule has 0 fully saturated rings. The highest BCUT2D eigenvalue weighted by Gasteiger charge is 2.17. The predicted octanol–water partition coefficient (Wildman–Crippen LogP) is 4.36. The van der Waals surface area contributed by atoms with Crippen molar-refractivity contribution in [2.24, 2.45) is 0 Å². The first-order valence-electron chi connectivity index (χ1n) is 7.21. The number of hydrogen-bond donors (Lipinski definition) is 1. The normalized spacial score (nSPS) is 11.6. The Kier molecular flexibility index (Phi) is 5.15. The first-order valence-corrected chi connectivity index (χ1v) is 10.4. The molecule has 124 valence electrons. The van der Waals surface area contributed by atoms with Gasteiger partial charge in [0.2, 0.25) is 10.0 Å². The number of benzene rings is 2. The van der Waals surface area contributed by atoms with E-state index < -0.39 is 10.0 Å². The number of sulfonamides is 1. The molecule has 1 heterocycles. The highest BCUT2D eigenvalue weighted by molar-refractivity contribution is 9.10. The molecule has 1 N–H and O–H groups in total. The molecule has 24 heavy (non-hydrogen) atoms. The molecule has 0 unspecified atom stereocenters. The molecule has 0 saturated carbocycles. The lowest BCUT2D eigenvalue weighted by molar-refractivity contribution is 0.580. The van der Waals surface area contributed by atoms with Crippen LogP contribution >= 0.6 is 27.3 Å². The predicted molar refractivity (Wildman–Crippen MR) is 100 cm³/mol. The maximum absolute atomic E-state index is 12.5. The maximum Gasteiger partial charge on any atom is 0.241 e. The average Bonchev–Trinajstić information content (AvgIpc) is 3.05. The number of rotatable bonds is 5. The average molecular weight is 423 g/mol. The Labute approximate surface area is 153 Å². The summed E-state index contributed by atoms with van der Waals surface area (Å²) in [5.41, 5.74) is 2.43. The fourth-order valence-electron chi connectivity index (χ4n) is 2.21. The maximum atomic E-state index is 12.5. The van der Waals surface area contributed by atoms with Gasteiger partial charge < -0.3 is 0 Å². The molecule has 0 aliphatic rings. The lowest BCUT2D eigenvalue weighted by Gasteiger charge is -2.08. The molecule has 3 aromatic rings. The summed E-state index contributed by atoms with van der Waals surface area (Å²) in [6, 6.07) is 15.0. The largest absolute Gasteiger partial charge is 0.241 e. The van der Waals surface area contributed by atoms with E-state index in [1.807, 2.05) is 41.8 Å². The van der Waals surface area contributed by atoms with Crippen LogP contribution in [-0.2, 0) is 16.6 Å². The van der Waals surface area contributed by atoms with E-state index in [0.717, 1.165) is 15.0 Å². The number of thiazole rings is 1. The van der Waals surface area contributed by atoms with Crippen LogP contribution in [0.25, 0.3) is 10.6 Å². The van der Waals surface area contributed by atoms with Crippen molar-refractivity contribution in [2.75, 3.05) is 0 Å². The molecule has 0 spiro atoms. The second-order valence-corrected chi connectivity index (χ2v) is 8.75. The van der Waals surface area contributed by atoms with E-state index in [9.17, 15) is 8.42 Å². The van der Waals surface area contributed by atoms with Gasteiger partial charge in [-0.05, 0) is 24.6 Å². The van der Waals surface area contributed by atoms with Crippen molar-refractivity contribution < 1.29 is 8.42 Å². The van der Waals surface area contributed by atoms with Gasteiger partial charge in [-0.3, -0.25) is 0 Å². The lowest BCUT2D eigenvalue weighted by Crippen LogP contribution is -2.24. The van der Waals surface area contributed by atoms with Crippen molar-refractivity contribution in [1.29, 1.82) is 0 Å². The zero-order valence-corrected chi connectivity index (χ0v) is 16.1. The molecular weight excluding hydrogens is 408 g/mol. The van der Waals surface area contributed by atoms with Crippen molar-refractivity contribution in [2.45, 2.75) is 18.4 Å². The zero-order chi connectivity index (χ0) is 17.2. The second-order valence-electron chi connectivity index (χ2n) is 5.24. The van der Waals surface area contributed by atoms with Crippen molar-refractivity contribution in [3.05, 3.63) is 69.6 Å². The summed E-state index contributed by atoms with van der Waals surface area (Å²) in [6.07, 6.45) is 0. The Bertz CT molecular complexity index is 954. The SMILES string of the molecule is Cc1ccc(Br)cc1S(=O)(=O)NCc1csc(-c2ccccc2)n1. The Balaban J connectivity index is 1.76. The van der Waals surface area contributed by atoms with Gasteiger partial charge in [-0.2, -0.15) is 0 Å². The van der Waals surface area contributed by atoms with Crippen LogP contribution in [0, 0.1) is 6.92 Å². The Morgan fingerprint density at radius 1 is 1.17 bits per heavy atom. The van der Waals surface area contributed by atoms with Crippen molar-refractivity contribution >= 4 is 37.3 Å². The highest BCUT2D eigenvalue weighted by atomic mass is 79.9. The van der Waals surface area contributed by atoms with Crippen LogP contribution in [0.1, 0.15) is 11.3 Å². The van der Waals surface area contributed by atoms with Gasteiger partial charge in [0.05, 0.1) is 17.1 Å². The smallest absolute Gasteiger partial charge is 0.240 e. The van der Waals surface area contributed by atoms with Gasteiger partial charge in [0.1, 0.15) is 5.01 Å². The third-order valence-electron chi connectivity index (χ3n) is 3.46. The number of halogens is 1. The minimum absolute atomic E-state index is 0.164. The molecule has 0 bridgehead atoms.